The first-order valence-corrected chi connectivity index (χ1v) is 6.02. The summed E-state index contributed by atoms with van der Waals surface area (Å²) in [5.74, 6) is -1.24. The number of allylic oxidation sites excluding steroid dienone is 1. The van der Waals surface area contributed by atoms with Crippen LogP contribution in [0.3, 0.4) is 0 Å². The third-order valence-electron chi connectivity index (χ3n) is 3.07. The summed E-state index contributed by atoms with van der Waals surface area (Å²) in [6, 6.07) is 8.45. The van der Waals surface area contributed by atoms with Gasteiger partial charge in [-0.25, -0.2) is 4.79 Å². The first-order chi connectivity index (χ1) is 9.98. The van der Waals surface area contributed by atoms with Crippen LogP contribution in [-0.2, 0) is 4.74 Å². The van der Waals surface area contributed by atoms with Gasteiger partial charge in [-0.05, 0) is 23.8 Å². The molecule has 0 saturated carbocycles. The fourth-order valence-corrected chi connectivity index (χ4v) is 2.19. The molecule has 0 radical (unpaired) electrons. The summed E-state index contributed by atoms with van der Waals surface area (Å²) in [5.41, 5.74) is -0.810. The molecule has 6 heteroatoms. The van der Waals surface area contributed by atoms with Crippen molar-refractivity contribution in [1.82, 2.24) is 4.98 Å². The molecule has 0 aliphatic carbocycles. The van der Waals surface area contributed by atoms with Gasteiger partial charge < -0.3 is 4.74 Å². The summed E-state index contributed by atoms with van der Waals surface area (Å²) in [4.78, 5) is 15.4. The molecule has 0 saturated heterocycles. The third kappa shape index (κ3) is 2.29. The summed E-state index contributed by atoms with van der Waals surface area (Å²) >= 11 is 0. The molecule has 0 amide bonds. The first-order valence-electron chi connectivity index (χ1n) is 6.02. The van der Waals surface area contributed by atoms with Gasteiger partial charge in [-0.15, -0.1) is 0 Å². The van der Waals surface area contributed by atoms with Crippen molar-refractivity contribution in [2.24, 2.45) is 0 Å². The van der Waals surface area contributed by atoms with Crippen molar-refractivity contribution in [2.45, 2.75) is 6.18 Å². The Balaban J connectivity index is 2.29. The average molecular weight is 291 g/mol. The highest BCUT2D eigenvalue weighted by Crippen LogP contribution is 2.43. The second-order valence-electron chi connectivity index (χ2n) is 4.37. The number of nitrogens with zero attached hydrogens (tertiary/aromatic N) is 1. The predicted octanol–water partition coefficient (Wildman–Crippen LogP) is 3.68. The summed E-state index contributed by atoms with van der Waals surface area (Å²) < 4.78 is 45.1. The van der Waals surface area contributed by atoms with Crippen LogP contribution in [0.15, 0.2) is 48.8 Å². The molecule has 0 unspecified atom stereocenters. The van der Waals surface area contributed by atoms with Gasteiger partial charge in [-0.2, -0.15) is 13.2 Å². The summed E-state index contributed by atoms with van der Waals surface area (Å²) in [7, 11) is 0. The second kappa shape index (κ2) is 4.73. The van der Waals surface area contributed by atoms with Gasteiger partial charge in [-0.3, -0.25) is 4.98 Å². The van der Waals surface area contributed by atoms with Crippen molar-refractivity contribution in [3.63, 3.8) is 0 Å². The molecule has 2 heterocycles. The standard InChI is InChI=1S/C15H8F3NO2/c16-15(17,18)12(9-5-7-19-8-6-9)13-10-3-1-2-4-11(10)14(20)21-13/h1-8H/b13-12+. The fourth-order valence-electron chi connectivity index (χ4n) is 2.19. The Kier molecular flexibility index (Phi) is 3.01. The molecule has 1 aromatic heterocycles. The molecular formula is C15H8F3NO2. The van der Waals surface area contributed by atoms with Gasteiger partial charge >= 0.3 is 12.1 Å². The van der Waals surface area contributed by atoms with Crippen molar-refractivity contribution in [3.8, 4) is 0 Å². The maximum absolute atomic E-state index is 13.4. The zero-order valence-corrected chi connectivity index (χ0v) is 10.5. The molecule has 0 fully saturated rings. The number of carbonyl (C=O) groups is 1. The highest BCUT2D eigenvalue weighted by atomic mass is 19.4. The molecule has 3 rings (SSSR count). The minimum Gasteiger partial charge on any atom is -0.422 e. The molecule has 2 aromatic rings. The Morgan fingerprint density at radius 3 is 2.24 bits per heavy atom. The van der Waals surface area contributed by atoms with E-state index in [1.54, 1.807) is 12.1 Å². The number of cyclic esters (lactones) is 1. The monoisotopic (exact) mass is 291 g/mol. The van der Waals surface area contributed by atoms with Crippen LogP contribution in [0.4, 0.5) is 13.2 Å². The number of esters is 1. The van der Waals surface area contributed by atoms with E-state index in [1.165, 1.54) is 36.7 Å². The molecule has 0 bridgehead atoms. The lowest BCUT2D eigenvalue weighted by atomic mass is 10.00. The van der Waals surface area contributed by atoms with Crippen molar-refractivity contribution in [1.29, 1.82) is 0 Å². The SMILES string of the molecule is O=C1O/C(=C(\c2ccncc2)C(F)(F)F)c2ccccc21. The number of benzene rings is 1. The molecule has 1 aromatic carbocycles. The molecule has 0 spiro atoms. The summed E-state index contributed by atoms with van der Waals surface area (Å²) in [6.45, 7) is 0. The van der Waals surface area contributed by atoms with E-state index >= 15 is 0 Å². The van der Waals surface area contributed by atoms with Crippen molar-refractivity contribution >= 4 is 17.3 Å². The molecule has 1 aliphatic rings. The van der Waals surface area contributed by atoms with Gasteiger partial charge in [0.15, 0.2) is 5.76 Å². The van der Waals surface area contributed by atoms with E-state index in [9.17, 15) is 18.0 Å². The highest BCUT2D eigenvalue weighted by molar-refractivity contribution is 6.08. The van der Waals surface area contributed by atoms with Crippen LogP contribution in [0.2, 0.25) is 0 Å². The van der Waals surface area contributed by atoms with E-state index in [2.05, 4.69) is 4.98 Å². The number of carbonyl (C=O) groups excluding carboxylic acids is 1. The van der Waals surface area contributed by atoms with Crippen LogP contribution in [-0.4, -0.2) is 17.1 Å². The zero-order valence-electron chi connectivity index (χ0n) is 10.5. The average Bonchev–Trinajstić information content (AvgIpc) is 2.77. The normalized spacial score (nSPS) is 16.4. The van der Waals surface area contributed by atoms with E-state index in [-0.39, 0.29) is 16.7 Å². The lowest BCUT2D eigenvalue weighted by Crippen LogP contribution is -2.13. The topological polar surface area (TPSA) is 39.2 Å². The van der Waals surface area contributed by atoms with E-state index in [1.807, 2.05) is 0 Å². The van der Waals surface area contributed by atoms with Crippen LogP contribution in [0.5, 0.6) is 0 Å². The Hall–Kier alpha value is -2.63. The Morgan fingerprint density at radius 2 is 1.62 bits per heavy atom. The van der Waals surface area contributed by atoms with Crippen LogP contribution in [0.1, 0.15) is 21.5 Å². The molecule has 0 atom stereocenters. The van der Waals surface area contributed by atoms with Crippen LogP contribution >= 0.6 is 0 Å². The van der Waals surface area contributed by atoms with Crippen LogP contribution < -0.4 is 0 Å². The number of alkyl halides is 3. The number of aromatic nitrogens is 1. The van der Waals surface area contributed by atoms with Gasteiger partial charge in [0.25, 0.3) is 0 Å². The maximum Gasteiger partial charge on any atom is 0.420 e. The van der Waals surface area contributed by atoms with E-state index in [4.69, 9.17) is 4.74 Å². The van der Waals surface area contributed by atoms with Crippen molar-refractivity contribution < 1.29 is 22.7 Å². The number of hydrogen-bond acceptors (Lipinski definition) is 3. The summed E-state index contributed by atoms with van der Waals surface area (Å²) in [5, 5.41) is 0. The number of halogens is 3. The van der Waals surface area contributed by atoms with Gasteiger partial charge in [0.05, 0.1) is 5.56 Å². The largest absolute Gasteiger partial charge is 0.422 e. The summed E-state index contributed by atoms with van der Waals surface area (Å²) in [6.07, 6.45) is -2.15. The number of hydrogen-bond donors (Lipinski definition) is 0. The van der Waals surface area contributed by atoms with Gasteiger partial charge in [0.1, 0.15) is 5.57 Å². The number of pyridine rings is 1. The van der Waals surface area contributed by atoms with Gasteiger partial charge in [-0.1, -0.05) is 18.2 Å². The van der Waals surface area contributed by atoms with E-state index < -0.39 is 23.5 Å². The zero-order chi connectivity index (χ0) is 15.0. The minimum atomic E-state index is -4.66. The Morgan fingerprint density at radius 1 is 1.00 bits per heavy atom. The number of fused-ring (bicyclic) bond motifs is 1. The van der Waals surface area contributed by atoms with Gasteiger partial charge in [0, 0.05) is 18.0 Å². The van der Waals surface area contributed by atoms with Crippen LogP contribution in [0, 0.1) is 0 Å². The molecule has 106 valence electrons. The minimum absolute atomic E-state index is 0.1000. The fraction of sp³-hybridized carbons (Fsp3) is 0.0667. The Bertz CT molecular complexity index is 736. The third-order valence-corrected chi connectivity index (χ3v) is 3.07. The van der Waals surface area contributed by atoms with Crippen molar-refractivity contribution in [3.05, 3.63) is 65.5 Å². The maximum atomic E-state index is 13.4. The lowest BCUT2D eigenvalue weighted by molar-refractivity contribution is -0.0692. The predicted molar refractivity (Wildman–Crippen MR) is 69.0 cm³/mol. The molecule has 21 heavy (non-hydrogen) atoms. The first kappa shape index (κ1) is 13.4. The van der Waals surface area contributed by atoms with E-state index in [0.29, 0.717) is 0 Å². The second-order valence-corrected chi connectivity index (χ2v) is 4.37. The number of ether oxygens (including phenoxy) is 1. The quantitative estimate of drug-likeness (QED) is 0.752. The Labute approximate surface area is 117 Å². The molecule has 0 N–H and O–H groups in total. The van der Waals surface area contributed by atoms with Crippen LogP contribution in [0.25, 0.3) is 11.3 Å². The molecule has 3 nitrogen and oxygen atoms in total. The van der Waals surface area contributed by atoms with E-state index in [0.717, 1.165) is 0 Å². The smallest absolute Gasteiger partial charge is 0.420 e. The number of rotatable bonds is 1. The molecule has 1 aliphatic heterocycles. The van der Waals surface area contributed by atoms with Gasteiger partial charge in [0.2, 0.25) is 0 Å². The molecular weight excluding hydrogens is 283 g/mol. The van der Waals surface area contributed by atoms with Crippen molar-refractivity contribution in [2.75, 3.05) is 0 Å². The lowest BCUT2D eigenvalue weighted by Gasteiger charge is -2.14. The highest BCUT2D eigenvalue weighted by Gasteiger charge is 2.42.